The molecule has 0 aromatic rings. The van der Waals surface area contributed by atoms with Gasteiger partial charge in [-0.1, -0.05) is 0 Å². The minimum atomic E-state index is 0.411. The average Bonchev–Trinajstić information content (AvgIpc) is 1.55. The Morgan fingerprint density at radius 2 is 2.12 bits per heavy atom. The Balaban J connectivity index is 2.01. The van der Waals surface area contributed by atoms with Crippen molar-refractivity contribution < 1.29 is 4.74 Å². The third-order valence-electron chi connectivity index (χ3n) is 1.32. The van der Waals surface area contributed by atoms with E-state index in [1.54, 1.807) is 0 Å². The Hall–Kier alpha value is -0.0400. The predicted octanol–water partition coefficient (Wildman–Crippen LogP) is 1.78. The van der Waals surface area contributed by atoms with Crippen molar-refractivity contribution in [2.75, 3.05) is 0 Å². The fraction of sp³-hybridized carbons (Fsp3) is 0.857. The number of rotatable bonds is 2. The van der Waals surface area contributed by atoms with E-state index in [0.717, 1.165) is 12.8 Å². The summed E-state index contributed by atoms with van der Waals surface area (Å²) in [6, 6.07) is 0. The highest BCUT2D eigenvalue weighted by Crippen LogP contribution is 2.21. The summed E-state index contributed by atoms with van der Waals surface area (Å²) in [6.07, 6.45) is 5.55. The van der Waals surface area contributed by atoms with Crippen LogP contribution in [0.2, 0.25) is 0 Å². The molecule has 0 saturated heterocycles. The van der Waals surface area contributed by atoms with Gasteiger partial charge in [-0.05, 0) is 33.1 Å². The third kappa shape index (κ3) is 1.48. The van der Waals surface area contributed by atoms with Crippen LogP contribution >= 0.6 is 0 Å². The van der Waals surface area contributed by atoms with Gasteiger partial charge in [-0.2, -0.15) is 0 Å². The van der Waals surface area contributed by atoms with Crippen molar-refractivity contribution in [1.29, 1.82) is 0 Å². The average molecular weight is 113 g/mol. The molecule has 0 spiro atoms. The van der Waals surface area contributed by atoms with Crippen molar-refractivity contribution in [3.63, 3.8) is 0 Å². The van der Waals surface area contributed by atoms with Gasteiger partial charge in [-0.25, -0.2) is 0 Å². The summed E-state index contributed by atoms with van der Waals surface area (Å²) in [7, 11) is 0. The van der Waals surface area contributed by atoms with E-state index in [1.807, 2.05) is 0 Å². The fourth-order valence-electron chi connectivity index (χ4n) is 0.799. The monoisotopic (exact) mass is 113 g/mol. The van der Waals surface area contributed by atoms with E-state index < -0.39 is 0 Å². The second kappa shape index (κ2) is 2.49. The SMILES string of the molecule is CC(C)OC1C[CH]C1. The zero-order chi connectivity index (χ0) is 5.98. The first-order chi connectivity index (χ1) is 3.79. The van der Waals surface area contributed by atoms with Crippen molar-refractivity contribution >= 4 is 0 Å². The van der Waals surface area contributed by atoms with Crippen LogP contribution in [-0.2, 0) is 4.74 Å². The Bertz CT molecular complexity index is 64.8. The smallest absolute Gasteiger partial charge is 0.0584 e. The Morgan fingerprint density at radius 1 is 1.50 bits per heavy atom. The Kier molecular flexibility index (Phi) is 1.90. The predicted molar refractivity (Wildman–Crippen MR) is 33.5 cm³/mol. The molecule has 1 rings (SSSR count). The van der Waals surface area contributed by atoms with Crippen LogP contribution in [0.25, 0.3) is 0 Å². The fourth-order valence-corrected chi connectivity index (χ4v) is 0.799. The van der Waals surface area contributed by atoms with E-state index in [9.17, 15) is 0 Å². The molecular weight excluding hydrogens is 100 g/mol. The Labute approximate surface area is 51.0 Å². The molecule has 1 radical (unpaired) electrons. The summed E-state index contributed by atoms with van der Waals surface area (Å²) in [4.78, 5) is 0. The lowest BCUT2D eigenvalue weighted by Crippen LogP contribution is -2.25. The first kappa shape index (κ1) is 6.09. The summed E-state index contributed by atoms with van der Waals surface area (Å²) >= 11 is 0. The lowest BCUT2D eigenvalue weighted by Gasteiger charge is -2.27. The minimum absolute atomic E-state index is 0.411. The molecule has 0 aromatic heterocycles. The van der Waals surface area contributed by atoms with Crippen molar-refractivity contribution in [2.45, 2.75) is 38.9 Å². The number of hydrogen-bond acceptors (Lipinski definition) is 1. The van der Waals surface area contributed by atoms with Crippen molar-refractivity contribution in [3.05, 3.63) is 6.42 Å². The molecule has 47 valence electrons. The molecule has 0 aromatic carbocycles. The highest BCUT2D eigenvalue weighted by atomic mass is 16.5. The van der Waals surface area contributed by atoms with Crippen molar-refractivity contribution in [3.8, 4) is 0 Å². The van der Waals surface area contributed by atoms with E-state index >= 15 is 0 Å². The zero-order valence-corrected chi connectivity index (χ0v) is 5.55. The normalized spacial score (nSPS) is 21.4. The maximum absolute atomic E-state index is 5.45. The number of ether oxygens (including phenoxy) is 1. The summed E-state index contributed by atoms with van der Waals surface area (Å²) in [6.45, 7) is 4.16. The van der Waals surface area contributed by atoms with Crippen LogP contribution in [0.5, 0.6) is 0 Å². The molecule has 1 fully saturated rings. The largest absolute Gasteiger partial charge is 0.376 e. The van der Waals surface area contributed by atoms with Gasteiger partial charge in [0.25, 0.3) is 0 Å². The first-order valence-corrected chi connectivity index (χ1v) is 3.26. The van der Waals surface area contributed by atoms with Gasteiger partial charge in [0.15, 0.2) is 0 Å². The Morgan fingerprint density at radius 3 is 2.25 bits per heavy atom. The molecule has 0 N–H and O–H groups in total. The number of hydrogen-bond donors (Lipinski definition) is 0. The van der Waals surface area contributed by atoms with Gasteiger partial charge in [-0.3, -0.25) is 0 Å². The molecule has 1 heteroatoms. The second-order valence-corrected chi connectivity index (χ2v) is 2.57. The maximum Gasteiger partial charge on any atom is 0.0584 e. The van der Waals surface area contributed by atoms with E-state index in [2.05, 4.69) is 20.3 Å². The molecule has 1 aliphatic rings. The molecule has 1 nitrogen and oxygen atoms in total. The van der Waals surface area contributed by atoms with Crippen LogP contribution in [-0.4, -0.2) is 12.2 Å². The summed E-state index contributed by atoms with van der Waals surface area (Å²) in [5.74, 6) is 0. The summed E-state index contributed by atoms with van der Waals surface area (Å²) < 4.78 is 5.45. The van der Waals surface area contributed by atoms with E-state index in [1.165, 1.54) is 0 Å². The minimum Gasteiger partial charge on any atom is -0.376 e. The molecule has 0 aliphatic heterocycles. The molecule has 0 unspecified atom stereocenters. The van der Waals surface area contributed by atoms with Crippen LogP contribution < -0.4 is 0 Å². The molecule has 0 bridgehead atoms. The lowest BCUT2D eigenvalue weighted by molar-refractivity contribution is -0.0150. The van der Waals surface area contributed by atoms with Gasteiger partial charge in [0, 0.05) is 0 Å². The van der Waals surface area contributed by atoms with Gasteiger partial charge >= 0.3 is 0 Å². The van der Waals surface area contributed by atoms with E-state index in [-0.39, 0.29) is 0 Å². The van der Waals surface area contributed by atoms with Crippen LogP contribution in [0.4, 0.5) is 0 Å². The molecule has 8 heavy (non-hydrogen) atoms. The van der Waals surface area contributed by atoms with Gasteiger partial charge in [0.2, 0.25) is 0 Å². The molecular formula is C7H13O. The quantitative estimate of drug-likeness (QED) is 0.530. The summed E-state index contributed by atoms with van der Waals surface area (Å²) in [5.41, 5.74) is 0. The van der Waals surface area contributed by atoms with Crippen LogP contribution in [0.1, 0.15) is 26.7 Å². The molecule has 0 amide bonds. The van der Waals surface area contributed by atoms with Gasteiger partial charge < -0.3 is 4.74 Å². The molecule has 0 atom stereocenters. The summed E-state index contributed by atoms with van der Waals surface area (Å²) in [5, 5.41) is 0. The molecule has 0 heterocycles. The van der Waals surface area contributed by atoms with Gasteiger partial charge in [0.1, 0.15) is 0 Å². The lowest BCUT2D eigenvalue weighted by atomic mass is 9.96. The molecule has 1 saturated carbocycles. The highest BCUT2D eigenvalue weighted by Gasteiger charge is 2.18. The second-order valence-electron chi connectivity index (χ2n) is 2.57. The maximum atomic E-state index is 5.45. The van der Waals surface area contributed by atoms with Crippen LogP contribution in [0.3, 0.4) is 0 Å². The van der Waals surface area contributed by atoms with Crippen LogP contribution in [0.15, 0.2) is 0 Å². The van der Waals surface area contributed by atoms with E-state index in [4.69, 9.17) is 4.74 Å². The third-order valence-corrected chi connectivity index (χ3v) is 1.32. The first-order valence-electron chi connectivity index (χ1n) is 3.26. The zero-order valence-electron chi connectivity index (χ0n) is 5.55. The van der Waals surface area contributed by atoms with Crippen molar-refractivity contribution in [1.82, 2.24) is 0 Å². The van der Waals surface area contributed by atoms with E-state index in [0.29, 0.717) is 12.2 Å². The topological polar surface area (TPSA) is 9.23 Å². The van der Waals surface area contributed by atoms with Crippen LogP contribution in [0, 0.1) is 6.42 Å². The van der Waals surface area contributed by atoms with Gasteiger partial charge in [-0.15, -0.1) is 0 Å². The molecule has 1 aliphatic carbocycles. The standard InChI is InChI=1S/C7H13O/c1-6(2)8-7-4-3-5-7/h3,6-7H,4-5H2,1-2H3. The highest BCUT2D eigenvalue weighted by molar-refractivity contribution is 4.86. The van der Waals surface area contributed by atoms with Crippen molar-refractivity contribution in [2.24, 2.45) is 0 Å². The van der Waals surface area contributed by atoms with Gasteiger partial charge in [0.05, 0.1) is 12.2 Å².